The lowest BCUT2D eigenvalue weighted by Gasteiger charge is -2.38. The van der Waals surface area contributed by atoms with Crippen LogP contribution in [0.3, 0.4) is 0 Å². The fourth-order valence-electron chi connectivity index (χ4n) is 3.77. The number of rotatable bonds is 4. The Bertz CT molecular complexity index is 790. The van der Waals surface area contributed by atoms with Gasteiger partial charge in [-0.05, 0) is 20.3 Å². The summed E-state index contributed by atoms with van der Waals surface area (Å²) in [5.74, 6) is 0.137. The molecule has 28 heavy (non-hydrogen) atoms. The first kappa shape index (κ1) is 20.9. The van der Waals surface area contributed by atoms with Gasteiger partial charge in [-0.2, -0.15) is 18.3 Å². The number of carbonyl (C=O) groups excluding carboxylic acids is 1. The SMILES string of the molecule is CC(C)N1CCC(N2CCN(c3cnn(CC(F)(F)F)c(=O)c3Cl)CC2)C1=O. The van der Waals surface area contributed by atoms with Crippen LogP contribution >= 0.6 is 11.6 Å². The number of halogens is 4. The Morgan fingerprint density at radius 3 is 2.36 bits per heavy atom. The van der Waals surface area contributed by atoms with Crippen molar-refractivity contribution in [1.82, 2.24) is 19.6 Å². The summed E-state index contributed by atoms with van der Waals surface area (Å²) in [7, 11) is 0. The summed E-state index contributed by atoms with van der Waals surface area (Å²) in [5, 5.41) is 3.35. The maximum atomic E-state index is 12.6. The van der Waals surface area contributed by atoms with Gasteiger partial charge in [-0.25, -0.2) is 4.68 Å². The molecule has 1 unspecified atom stereocenters. The van der Waals surface area contributed by atoms with Crippen molar-refractivity contribution in [3.05, 3.63) is 21.6 Å². The Hall–Kier alpha value is -1.81. The molecule has 0 spiro atoms. The highest BCUT2D eigenvalue weighted by Gasteiger charge is 2.38. The zero-order valence-electron chi connectivity index (χ0n) is 15.7. The highest BCUT2D eigenvalue weighted by molar-refractivity contribution is 6.33. The van der Waals surface area contributed by atoms with Gasteiger partial charge in [-0.3, -0.25) is 14.5 Å². The normalized spacial score (nSPS) is 21.8. The second kappa shape index (κ2) is 7.90. The van der Waals surface area contributed by atoms with Crippen LogP contribution < -0.4 is 10.5 Å². The second-order valence-electron chi connectivity index (χ2n) is 7.37. The molecule has 2 fully saturated rings. The number of nitrogens with zero attached hydrogens (tertiary/aromatic N) is 5. The standard InChI is InChI=1S/C17H23ClF3N5O2/c1-11(2)25-4-3-12(15(25)27)23-5-7-24(8-6-23)13-9-22-26(10-17(19,20)21)16(28)14(13)18/h9,11-12H,3-8,10H2,1-2H3. The van der Waals surface area contributed by atoms with E-state index in [2.05, 4.69) is 10.00 Å². The molecular weight excluding hydrogens is 399 g/mol. The molecule has 3 rings (SSSR count). The topological polar surface area (TPSA) is 61.7 Å². The van der Waals surface area contributed by atoms with Crippen LogP contribution in [-0.2, 0) is 11.3 Å². The molecule has 2 saturated heterocycles. The van der Waals surface area contributed by atoms with Gasteiger partial charge in [0.15, 0.2) is 0 Å². The van der Waals surface area contributed by atoms with Crippen LogP contribution in [0.15, 0.2) is 11.0 Å². The minimum absolute atomic E-state index is 0.137. The first-order valence-corrected chi connectivity index (χ1v) is 9.58. The minimum Gasteiger partial charge on any atom is -0.366 e. The van der Waals surface area contributed by atoms with Gasteiger partial charge in [0.25, 0.3) is 5.56 Å². The van der Waals surface area contributed by atoms with Crippen LogP contribution in [0.5, 0.6) is 0 Å². The van der Waals surface area contributed by atoms with Gasteiger partial charge in [-0.1, -0.05) is 11.6 Å². The molecule has 1 atom stereocenters. The predicted octanol–water partition coefficient (Wildman–Crippen LogP) is 1.59. The molecule has 0 bridgehead atoms. The van der Waals surface area contributed by atoms with E-state index in [9.17, 15) is 22.8 Å². The summed E-state index contributed by atoms with van der Waals surface area (Å²) in [6.07, 6.45) is -2.57. The van der Waals surface area contributed by atoms with Crippen LogP contribution in [0, 0.1) is 0 Å². The van der Waals surface area contributed by atoms with Gasteiger partial charge in [0.1, 0.15) is 11.6 Å². The van der Waals surface area contributed by atoms with Gasteiger partial charge in [-0.15, -0.1) is 0 Å². The molecule has 1 amide bonds. The average Bonchev–Trinajstić information content (AvgIpc) is 3.00. The Morgan fingerprint density at radius 2 is 1.82 bits per heavy atom. The van der Waals surface area contributed by atoms with Crippen molar-refractivity contribution in [2.75, 3.05) is 37.6 Å². The Labute approximate surface area is 165 Å². The van der Waals surface area contributed by atoms with E-state index in [0.29, 0.717) is 36.5 Å². The number of alkyl halides is 3. The molecular formula is C17H23ClF3N5O2. The van der Waals surface area contributed by atoms with E-state index in [0.717, 1.165) is 13.0 Å². The molecule has 0 radical (unpaired) electrons. The largest absolute Gasteiger partial charge is 0.408 e. The van der Waals surface area contributed by atoms with E-state index in [4.69, 9.17) is 11.6 Å². The second-order valence-corrected chi connectivity index (χ2v) is 7.75. The monoisotopic (exact) mass is 421 g/mol. The van der Waals surface area contributed by atoms with Crippen molar-refractivity contribution in [2.24, 2.45) is 0 Å². The third-order valence-corrected chi connectivity index (χ3v) is 5.58. The first-order valence-electron chi connectivity index (χ1n) is 9.20. The van der Waals surface area contributed by atoms with E-state index in [-0.39, 0.29) is 23.0 Å². The van der Waals surface area contributed by atoms with Gasteiger partial charge < -0.3 is 9.80 Å². The highest BCUT2D eigenvalue weighted by atomic mass is 35.5. The van der Waals surface area contributed by atoms with Crippen LogP contribution in [0.4, 0.5) is 18.9 Å². The van der Waals surface area contributed by atoms with Crippen LogP contribution in [0.2, 0.25) is 5.02 Å². The van der Waals surface area contributed by atoms with Gasteiger partial charge >= 0.3 is 6.18 Å². The number of amides is 1. The van der Waals surface area contributed by atoms with Crippen molar-refractivity contribution in [1.29, 1.82) is 0 Å². The summed E-state index contributed by atoms with van der Waals surface area (Å²) in [4.78, 5) is 30.5. The Morgan fingerprint density at radius 1 is 1.18 bits per heavy atom. The summed E-state index contributed by atoms with van der Waals surface area (Å²) < 4.78 is 37.9. The molecule has 156 valence electrons. The number of anilines is 1. The maximum absolute atomic E-state index is 12.6. The Balaban J connectivity index is 1.66. The lowest BCUT2D eigenvalue weighted by Crippen LogP contribution is -2.53. The van der Waals surface area contributed by atoms with Crippen molar-refractivity contribution in [3.63, 3.8) is 0 Å². The minimum atomic E-state index is -4.55. The zero-order valence-corrected chi connectivity index (χ0v) is 16.5. The first-order chi connectivity index (χ1) is 13.1. The summed E-state index contributed by atoms with van der Waals surface area (Å²) >= 11 is 6.04. The van der Waals surface area contributed by atoms with E-state index in [1.165, 1.54) is 6.20 Å². The fourth-order valence-corrected chi connectivity index (χ4v) is 4.04. The average molecular weight is 422 g/mol. The molecule has 1 aromatic heterocycles. The van der Waals surface area contributed by atoms with E-state index >= 15 is 0 Å². The van der Waals surface area contributed by atoms with Gasteiger partial charge in [0.05, 0.1) is 17.9 Å². The van der Waals surface area contributed by atoms with Gasteiger partial charge in [0, 0.05) is 38.8 Å². The molecule has 3 heterocycles. The molecule has 2 aliphatic rings. The highest BCUT2D eigenvalue weighted by Crippen LogP contribution is 2.26. The number of likely N-dealkylation sites (tertiary alicyclic amines) is 1. The van der Waals surface area contributed by atoms with E-state index in [1.54, 1.807) is 0 Å². The lowest BCUT2D eigenvalue weighted by molar-refractivity contribution is -0.143. The number of hydrogen-bond donors (Lipinski definition) is 0. The number of aromatic nitrogens is 2. The number of carbonyl (C=O) groups is 1. The Kier molecular flexibility index (Phi) is 5.90. The summed E-state index contributed by atoms with van der Waals surface area (Å²) in [6, 6.07) is 0.0322. The quantitative estimate of drug-likeness (QED) is 0.739. The summed E-state index contributed by atoms with van der Waals surface area (Å²) in [6.45, 7) is 5.48. The molecule has 1 aromatic rings. The molecule has 2 aliphatic heterocycles. The number of hydrogen-bond acceptors (Lipinski definition) is 5. The van der Waals surface area contributed by atoms with Crippen molar-refractivity contribution >= 4 is 23.2 Å². The predicted molar refractivity (Wildman–Crippen MR) is 98.6 cm³/mol. The van der Waals surface area contributed by atoms with Crippen molar-refractivity contribution in [3.8, 4) is 0 Å². The van der Waals surface area contributed by atoms with Crippen LogP contribution in [0.1, 0.15) is 20.3 Å². The molecule has 7 nitrogen and oxygen atoms in total. The maximum Gasteiger partial charge on any atom is 0.408 e. The third-order valence-electron chi connectivity index (χ3n) is 5.23. The molecule has 0 N–H and O–H groups in total. The van der Waals surface area contributed by atoms with Crippen LogP contribution in [0.25, 0.3) is 0 Å². The van der Waals surface area contributed by atoms with Crippen molar-refractivity contribution < 1.29 is 18.0 Å². The third kappa shape index (κ3) is 4.27. The van der Waals surface area contributed by atoms with Crippen LogP contribution in [-0.4, -0.2) is 76.5 Å². The number of piperazine rings is 1. The zero-order chi connectivity index (χ0) is 20.6. The molecule has 0 aliphatic carbocycles. The van der Waals surface area contributed by atoms with E-state index in [1.807, 2.05) is 23.6 Å². The van der Waals surface area contributed by atoms with Crippen molar-refractivity contribution in [2.45, 2.75) is 45.1 Å². The smallest absolute Gasteiger partial charge is 0.366 e. The molecule has 0 aromatic carbocycles. The fraction of sp³-hybridized carbons (Fsp3) is 0.706. The molecule has 0 saturated carbocycles. The molecule has 11 heteroatoms. The lowest BCUT2D eigenvalue weighted by atomic mass is 10.1. The van der Waals surface area contributed by atoms with E-state index < -0.39 is 18.3 Å². The van der Waals surface area contributed by atoms with Gasteiger partial charge in [0.2, 0.25) is 5.91 Å². The summed E-state index contributed by atoms with van der Waals surface area (Å²) in [5.41, 5.74) is -0.635.